The number of rotatable bonds is 4. The van der Waals surface area contributed by atoms with Crippen LogP contribution >= 0.6 is 0 Å². The van der Waals surface area contributed by atoms with Crippen LogP contribution in [0.15, 0.2) is 18.3 Å². The summed E-state index contributed by atoms with van der Waals surface area (Å²) in [4.78, 5) is 6.22. The van der Waals surface area contributed by atoms with Gasteiger partial charge in [0, 0.05) is 6.54 Å². The third-order valence-corrected chi connectivity index (χ3v) is 3.01. The van der Waals surface area contributed by atoms with E-state index in [9.17, 15) is 9.50 Å². The zero-order valence-electron chi connectivity index (χ0n) is 9.27. The molecule has 0 bridgehead atoms. The normalized spacial score (nSPS) is 18.9. The number of nitrogens with zero attached hydrogens (tertiary/aromatic N) is 2. The highest BCUT2D eigenvalue weighted by Gasteiger charge is 2.14. The number of hydrogen-bond acceptors (Lipinski definition) is 3. The van der Waals surface area contributed by atoms with Gasteiger partial charge in [-0.3, -0.25) is 4.98 Å². The summed E-state index contributed by atoms with van der Waals surface area (Å²) in [6.45, 7) is 3.15. The predicted octanol–water partition coefficient (Wildman–Crippen LogP) is 1.74. The third kappa shape index (κ3) is 3.00. The first-order valence-corrected chi connectivity index (χ1v) is 5.77. The van der Waals surface area contributed by atoms with Crippen molar-refractivity contribution < 1.29 is 9.50 Å². The number of halogens is 1. The SMILES string of the molecule is OC(CCN1CCCC1)c1ccc(F)cn1. The molecule has 0 radical (unpaired) electrons. The summed E-state index contributed by atoms with van der Waals surface area (Å²) in [5.41, 5.74) is 0.556. The lowest BCUT2D eigenvalue weighted by Gasteiger charge is -2.17. The molecule has 2 rings (SSSR count). The lowest BCUT2D eigenvalue weighted by Crippen LogP contribution is -2.22. The van der Waals surface area contributed by atoms with E-state index in [0.717, 1.165) is 25.8 Å². The Balaban J connectivity index is 1.82. The summed E-state index contributed by atoms with van der Waals surface area (Å²) in [5, 5.41) is 9.86. The zero-order valence-corrected chi connectivity index (χ0v) is 9.27. The Labute approximate surface area is 94.9 Å². The number of hydrogen-bond donors (Lipinski definition) is 1. The fraction of sp³-hybridized carbons (Fsp3) is 0.583. The topological polar surface area (TPSA) is 36.4 Å². The van der Waals surface area contributed by atoms with Crippen LogP contribution in [0.3, 0.4) is 0 Å². The van der Waals surface area contributed by atoms with Gasteiger partial charge in [0.25, 0.3) is 0 Å². The lowest BCUT2D eigenvalue weighted by molar-refractivity contribution is 0.144. The number of aliphatic hydroxyl groups is 1. The smallest absolute Gasteiger partial charge is 0.141 e. The van der Waals surface area contributed by atoms with Gasteiger partial charge < -0.3 is 10.0 Å². The van der Waals surface area contributed by atoms with E-state index in [2.05, 4.69) is 9.88 Å². The van der Waals surface area contributed by atoms with Crippen molar-refractivity contribution in [2.24, 2.45) is 0 Å². The van der Waals surface area contributed by atoms with Gasteiger partial charge in [-0.1, -0.05) is 0 Å². The fourth-order valence-corrected chi connectivity index (χ4v) is 2.04. The van der Waals surface area contributed by atoms with Crippen molar-refractivity contribution in [2.45, 2.75) is 25.4 Å². The minimum absolute atomic E-state index is 0.365. The first-order chi connectivity index (χ1) is 7.75. The van der Waals surface area contributed by atoms with Crippen LogP contribution in [-0.2, 0) is 0 Å². The second-order valence-electron chi connectivity index (χ2n) is 4.25. The summed E-state index contributed by atoms with van der Waals surface area (Å²) < 4.78 is 12.6. The van der Waals surface area contributed by atoms with E-state index in [1.807, 2.05) is 0 Å². The molecule has 0 aliphatic carbocycles. The molecule has 0 amide bonds. The second kappa shape index (κ2) is 5.37. The number of likely N-dealkylation sites (tertiary alicyclic amines) is 1. The predicted molar refractivity (Wildman–Crippen MR) is 59.4 cm³/mol. The molecule has 0 saturated carbocycles. The molecule has 1 aromatic rings. The average Bonchev–Trinajstić information content (AvgIpc) is 2.80. The van der Waals surface area contributed by atoms with Gasteiger partial charge in [-0.05, 0) is 44.5 Å². The molecule has 1 aliphatic rings. The molecule has 1 saturated heterocycles. The van der Waals surface area contributed by atoms with Gasteiger partial charge in [-0.25, -0.2) is 4.39 Å². The monoisotopic (exact) mass is 224 g/mol. The van der Waals surface area contributed by atoms with Crippen molar-refractivity contribution in [3.8, 4) is 0 Å². The lowest BCUT2D eigenvalue weighted by atomic mass is 10.1. The summed E-state index contributed by atoms with van der Waals surface area (Å²) in [5.74, 6) is -0.365. The van der Waals surface area contributed by atoms with Crippen molar-refractivity contribution in [2.75, 3.05) is 19.6 Å². The maximum absolute atomic E-state index is 12.6. The molecule has 1 aliphatic heterocycles. The summed E-state index contributed by atoms with van der Waals surface area (Å²) in [6, 6.07) is 2.88. The molecule has 1 fully saturated rings. The Morgan fingerprint density at radius 1 is 1.38 bits per heavy atom. The van der Waals surface area contributed by atoms with E-state index in [-0.39, 0.29) is 5.82 Å². The Bertz CT molecular complexity index is 322. The summed E-state index contributed by atoms with van der Waals surface area (Å²) in [7, 11) is 0. The molecule has 3 nitrogen and oxygen atoms in total. The highest BCUT2D eigenvalue weighted by molar-refractivity contribution is 5.07. The molecule has 0 spiro atoms. The van der Waals surface area contributed by atoms with Gasteiger partial charge in [-0.2, -0.15) is 0 Å². The molecular formula is C12H17FN2O. The minimum atomic E-state index is -0.582. The van der Waals surface area contributed by atoms with Crippen LogP contribution in [0.2, 0.25) is 0 Å². The Morgan fingerprint density at radius 2 is 2.12 bits per heavy atom. The fourth-order valence-electron chi connectivity index (χ4n) is 2.04. The number of aromatic nitrogens is 1. The first-order valence-electron chi connectivity index (χ1n) is 5.77. The van der Waals surface area contributed by atoms with Crippen molar-refractivity contribution in [3.05, 3.63) is 29.8 Å². The van der Waals surface area contributed by atoms with Gasteiger partial charge in [0.05, 0.1) is 18.0 Å². The van der Waals surface area contributed by atoms with E-state index in [1.54, 1.807) is 6.07 Å². The molecule has 1 atom stereocenters. The van der Waals surface area contributed by atoms with Crippen LogP contribution in [0.25, 0.3) is 0 Å². The molecule has 0 aromatic carbocycles. The molecule has 1 aromatic heterocycles. The van der Waals surface area contributed by atoms with Gasteiger partial charge in [0.2, 0.25) is 0 Å². The maximum atomic E-state index is 12.6. The molecule has 16 heavy (non-hydrogen) atoms. The Morgan fingerprint density at radius 3 is 2.75 bits per heavy atom. The largest absolute Gasteiger partial charge is 0.387 e. The van der Waals surface area contributed by atoms with Crippen LogP contribution in [0.4, 0.5) is 4.39 Å². The summed E-state index contributed by atoms with van der Waals surface area (Å²) >= 11 is 0. The molecule has 4 heteroatoms. The summed E-state index contributed by atoms with van der Waals surface area (Å²) in [6.07, 6.45) is 3.74. The van der Waals surface area contributed by atoms with Crippen LogP contribution in [0.5, 0.6) is 0 Å². The standard InChI is InChI=1S/C12H17FN2O/c13-10-3-4-11(14-9-10)12(16)5-8-15-6-1-2-7-15/h3-4,9,12,16H,1-2,5-8H2. The van der Waals surface area contributed by atoms with Gasteiger partial charge in [0.15, 0.2) is 0 Å². The Hall–Kier alpha value is -1.00. The molecule has 1 unspecified atom stereocenters. The molecule has 2 heterocycles. The maximum Gasteiger partial charge on any atom is 0.141 e. The van der Waals surface area contributed by atoms with Crippen molar-refractivity contribution in [3.63, 3.8) is 0 Å². The van der Waals surface area contributed by atoms with Gasteiger partial charge in [0.1, 0.15) is 5.82 Å². The molecular weight excluding hydrogens is 207 g/mol. The van der Waals surface area contributed by atoms with Crippen LogP contribution in [0.1, 0.15) is 31.1 Å². The van der Waals surface area contributed by atoms with E-state index in [1.165, 1.54) is 18.9 Å². The highest BCUT2D eigenvalue weighted by Crippen LogP contribution is 2.16. The van der Waals surface area contributed by atoms with Crippen molar-refractivity contribution >= 4 is 0 Å². The Kier molecular flexibility index (Phi) is 3.85. The van der Waals surface area contributed by atoms with E-state index >= 15 is 0 Å². The second-order valence-corrected chi connectivity index (χ2v) is 4.25. The highest BCUT2D eigenvalue weighted by atomic mass is 19.1. The average molecular weight is 224 g/mol. The molecule has 88 valence electrons. The van der Waals surface area contributed by atoms with E-state index in [4.69, 9.17) is 0 Å². The van der Waals surface area contributed by atoms with Gasteiger partial charge >= 0.3 is 0 Å². The minimum Gasteiger partial charge on any atom is -0.387 e. The number of pyridine rings is 1. The van der Waals surface area contributed by atoms with Crippen molar-refractivity contribution in [1.29, 1.82) is 0 Å². The van der Waals surface area contributed by atoms with Crippen molar-refractivity contribution in [1.82, 2.24) is 9.88 Å². The van der Waals surface area contributed by atoms with E-state index in [0.29, 0.717) is 12.1 Å². The van der Waals surface area contributed by atoms with Gasteiger partial charge in [-0.15, -0.1) is 0 Å². The van der Waals surface area contributed by atoms with E-state index < -0.39 is 6.10 Å². The van der Waals surface area contributed by atoms with Crippen LogP contribution < -0.4 is 0 Å². The third-order valence-electron chi connectivity index (χ3n) is 3.01. The molecule has 1 N–H and O–H groups in total. The number of aliphatic hydroxyl groups excluding tert-OH is 1. The quantitative estimate of drug-likeness (QED) is 0.846. The zero-order chi connectivity index (χ0) is 11.4. The van der Waals surface area contributed by atoms with Crippen LogP contribution in [-0.4, -0.2) is 34.6 Å². The van der Waals surface area contributed by atoms with Crippen LogP contribution in [0, 0.1) is 5.82 Å². The first kappa shape index (κ1) is 11.5.